The number of hydrogen-bond acceptors (Lipinski definition) is 4. The molecule has 1 amide bonds. The minimum Gasteiger partial charge on any atom is -0.345 e. The molecule has 1 aromatic rings. The zero-order valence-electron chi connectivity index (χ0n) is 14.4. The summed E-state index contributed by atoms with van der Waals surface area (Å²) in [5, 5.41) is 0. The van der Waals surface area contributed by atoms with E-state index in [0.717, 1.165) is 25.7 Å². The first-order valence-electron chi connectivity index (χ1n) is 8.39. The molecule has 1 aliphatic rings. The second-order valence-corrected chi connectivity index (χ2v) is 8.30. The van der Waals surface area contributed by atoms with Gasteiger partial charge in [-0.2, -0.15) is 0 Å². The van der Waals surface area contributed by atoms with Gasteiger partial charge in [0.1, 0.15) is 0 Å². The van der Waals surface area contributed by atoms with Crippen LogP contribution in [0.2, 0.25) is 0 Å². The van der Waals surface area contributed by atoms with Gasteiger partial charge in [-0.3, -0.25) is 4.79 Å². The fourth-order valence-electron chi connectivity index (χ4n) is 3.20. The number of hydrogen-bond donors (Lipinski definition) is 2. The molecule has 3 N–H and O–H groups in total. The van der Waals surface area contributed by atoms with E-state index in [0.29, 0.717) is 5.56 Å². The van der Waals surface area contributed by atoms with Gasteiger partial charge in [0, 0.05) is 32.2 Å². The van der Waals surface area contributed by atoms with Crippen molar-refractivity contribution in [1.82, 2.24) is 9.62 Å². The SMILES string of the molecule is CN(C)C(=O)c1cccc(S(=O)(=O)NC(CN)C2CCCCC2)c1. The van der Waals surface area contributed by atoms with Crippen molar-refractivity contribution in [1.29, 1.82) is 0 Å². The largest absolute Gasteiger partial charge is 0.345 e. The van der Waals surface area contributed by atoms with Crippen LogP contribution in [0.15, 0.2) is 29.2 Å². The molecule has 6 nitrogen and oxygen atoms in total. The lowest BCUT2D eigenvalue weighted by atomic mass is 9.84. The van der Waals surface area contributed by atoms with Crippen LogP contribution in [0.3, 0.4) is 0 Å². The van der Waals surface area contributed by atoms with Crippen molar-refractivity contribution in [2.24, 2.45) is 11.7 Å². The molecule has 0 saturated heterocycles. The second kappa shape index (κ2) is 8.09. The summed E-state index contributed by atoms with van der Waals surface area (Å²) in [5.74, 6) is 0.0554. The Balaban J connectivity index is 2.19. The Kier molecular flexibility index (Phi) is 6.37. The molecular formula is C17H27N3O3S. The van der Waals surface area contributed by atoms with Gasteiger partial charge >= 0.3 is 0 Å². The maximum Gasteiger partial charge on any atom is 0.253 e. The van der Waals surface area contributed by atoms with Crippen LogP contribution in [0.1, 0.15) is 42.5 Å². The molecule has 0 aliphatic heterocycles. The number of carbonyl (C=O) groups is 1. The van der Waals surface area contributed by atoms with Gasteiger partial charge in [0.15, 0.2) is 0 Å². The molecule has 0 heterocycles. The average molecular weight is 353 g/mol. The van der Waals surface area contributed by atoms with E-state index in [1.54, 1.807) is 26.2 Å². The van der Waals surface area contributed by atoms with Gasteiger partial charge in [-0.05, 0) is 37.0 Å². The number of benzene rings is 1. The molecule has 1 aromatic carbocycles. The van der Waals surface area contributed by atoms with Crippen LogP contribution in [0.4, 0.5) is 0 Å². The Bertz CT molecular complexity index is 667. The predicted molar refractivity (Wildman–Crippen MR) is 94.2 cm³/mol. The molecule has 2 rings (SSSR count). The molecule has 7 heteroatoms. The normalized spacial score (nSPS) is 17.5. The Morgan fingerprint density at radius 3 is 2.54 bits per heavy atom. The van der Waals surface area contributed by atoms with E-state index < -0.39 is 10.0 Å². The summed E-state index contributed by atoms with van der Waals surface area (Å²) in [6, 6.07) is 5.86. The molecule has 134 valence electrons. The zero-order chi connectivity index (χ0) is 17.7. The van der Waals surface area contributed by atoms with Crippen LogP contribution in [0, 0.1) is 5.92 Å². The van der Waals surface area contributed by atoms with E-state index in [4.69, 9.17) is 5.73 Å². The summed E-state index contributed by atoms with van der Waals surface area (Å²) in [5.41, 5.74) is 6.17. The van der Waals surface area contributed by atoms with E-state index in [1.807, 2.05) is 0 Å². The summed E-state index contributed by atoms with van der Waals surface area (Å²) in [6.07, 6.45) is 5.45. The van der Waals surface area contributed by atoms with E-state index in [-0.39, 0.29) is 29.3 Å². The van der Waals surface area contributed by atoms with Crippen LogP contribution in [0.5, 0.6) is 0 Å². The lowest BCUT2D eigenvalue weighted by Gasteiger charge is -2.29. The second-order valence-electron chi connectivity index (χ2n) is 6.59. The first-order chi connectivity index (χ1) is 11.3. The molecular weight excluding hydrogens is 326 g/mol. The Morgan fingerprint density at radius 1 is 1.29 bits per heavy atom. The summed E-state index contributed by atoms with van der Waals surface area (Å²) in [4.78, 5) is 13.6. The fraction of sp³-hybridized carbons (Fsp3) is 0.588. The zero-order valence-corrected chi connectivity index (χ0v) is 15.2. The van der Waals surface area contributed by atoms with E-state index >= 15 is 0 Å². The predicted octanol–water partition coefficient (Wildman–Crippen LogP) is 1.57. The smallest absolute Gasteiger partial charge is 0.253 e. The van der Waals surface area contributed by atoms with Crippen LogP contribution in [-0.4, -0.2) is 45.9 Å². The highest BCUT2D eigenvalue weighted by atomic mass is 32.2. The highest BCUT2D eigenvalue weighted by molar-refractivity contribution is 7.89. The van der Waals surface area contributed by atoms with Gasteiger partial charge in [0.05, 0.1) is 4.90 Å². The molecule has 1 unspecified atom stereocenters. The van der Waals surface area contributed by atoms with Crippen molar-refractivity contribution in [3.05, 3.63) is 29.8 Å². The molecule has 0 radical (unpaired) electrons. The number of nitrogens with one attached hydrogen (secondary N) is 1. The van der Waals surface area contributed by atoms with Crippen molar-refractivity contribution < 1.29 is 13.2 Å². The monoisotopic (exact) mass is 353 g/mol. The van der Waals surface area contributed by atoms with Crippen molar-refractivity contribution in [3.8, 4) is 0 Å². The summed E-state index contributed by atoms with van der Waals surface area (Å²) < 4.78 is 28.1. The third-order valence-corrected chi connectivity index (χ3v) is 6.06. The fourth-order valence-corrected chi connectivity index (χ4v) is 4.56. The number of carbonyl (C=O) groups excluding carboxylic acids is 1. The molecule has 1 atom stereocenters. The lowest BCUT2D eigenvalue weighted by molar-refractivity contribution is 0.0827. The molecule has 1 fully saturated rings. The maximum absolute atomic E-state index is 12.7. The summed E-state index contributed by atoms with van der Waals surface area (Å²) >= 11 is 0. The van der Waals surface area contributed by atoms with Gasteiger partial charge in [0.2, 0.25) is 10.0 Å². The van der Waals surface area contributed by atoms with Crippen LogP contribution >= 0.6 is 0 Å². The van der Waals surface area contributed by atoms with Gasteiger partial charge in [-0.25, -0.2) is 13.1 Å². The molecule has 0 aromatic heterocycles. The maximum atomic E-state index is 12.7. The van der Waals surface area contributed by atoms with Crippen LogP contribution in [0.25, 0.3) is 0 Å². The highest BCUT2D eigenvalue weighted by Crippen LogP contribution is 2.27. The molecule has 1 saturated carbocycles. The van der Waals surface area contributed by atoms with Crippen molar-refractivity contribution in [2.45, 2.75) is 43.0 Å². The number of nitrogens with zero attached hydrogens (tertiary/aromatic N) is 1. The van der Waals surface area contributed by atoms with Crippen molar-refractivity contribution in [3.63, 3.8) is 0 Å². The van der Waals surface area contributed by atoms with E-state index in [9.17, 15) is 13.2 Å². The molecule has 0 bridgehead atoms. The highest BCUT2D eigenvalue weighted by Gasteiger charge is 2.27. The lowest BCUT2D eigenvalue weighted by Crippen LogP contribution is -2.45. The third-order valence-electron chi connectivity index (χ3n) is 4.58. The number of nitrogens with two attached hydrogens (primary N) is 1. The third kappa shape index (κ3) is 4.55. The minimum absolute atomic E-state index is 0.101. The standard InChI is InChI=1S/C17H27N3O3S/c1-20(2)17(21)14-9-6-10-15(11-14)24(22,23)19-16(12-18)13-7-4-3-5-8-13/h6,9-11,13,16,19H,3-5,7-8,12,18H2,1-2H3. The number of rotatable bonds is 6. The van der Waals surface area contributed by atoms with Crippen LogP contribution in [-0.2, 0) is 10.0 Å². The van der Waals surface area contributed by atoms with Gasteiger partial charge in [-0.1, -0.05) is 25.3 Å². The molecule has 1 aliphatic carbocycles. The Labute approximate surface area is 144 Å². The van der Waals surface area contributed by atoms with Gasteiger partial charge in [0.25, 0.3) is 5.91 Å². The topological polar surface area (TPSA) is 92.5 Å². The van der Waals surface area contributed by atoms with Crippen molar-refractivity contribution >= 4 is 15.9 Å². The quantitative estimate of drug-likeness (QED) is 0.812. The van der Waals surface area contributed by atoms with Gasteiger partial charge < -0.3 is 10.6 Å². The number of sulfonamides is 1. The van der Waals surface area contributed by atoms with E-state index in [2.05, 4.69) is 4.72 Å². The Morgan fingerprint density at radius 2 is 1.96 bits per heavy atom. The average Bonchev–Trinajstić information content (AvgIpc) is 2.59. The van der Waals surface area contributed by atoms with E-state index in [1.165, 1.54) is 23.5 Å². The molecule has 0 spiro atoms. The first-order valence-corrected chi connectivity index (χ1v) is 9.87. The van der Waals surface area contributed by atoms with Crippen LogP contribution < -0.4 is 10.5 Å². The molecule has 24 heavy (non-hydrogen) atoms. The number of amides is 1. The Hall–Kier alpha value is -1.44. The van der Waals surface area contributed by atoms with Crippen molar-refractivity contribution in [2.75, 3.05) is 20.6 Å². The van der Waals surface area contributed by atoms with Gasteiger partial charge in [-0.15, -0.1) is 0 Å². The summed E-state index contributed by atoms with van der Waals surface area (Å²) in [7, 11) is -0.435. The summed E-state index contributed by atoms with van der Waals surface area (Å²) in [6.45, 7) is 0.278. The first kappa shape index (κ1) is 18.9. The minimum atomic E-state index is -3.70.